The molecule has 3 aromatic rings. The number of nitrogens with two attached hydrogens (primary N) is 1. The Kier molecular flexibility index (Phi) is 6.15. The number of hydrogen-bond acceptors (Lipinski definition) is 4. The van der Waals surface area contributed by atoms with E-state index in [4.69, 9.17) is 11.1 Å². The Hall–Kier alpha value is -4.34. The van der Waals surface area contributed by atoms with Crippen LogP contribution >= 0.6 is 0 Å². The van der Waals surface area contributed by atoms with Gasteiger partial charge in [0.25, 0.3) is 5.91 Å². The fourth-order valence-electron chi connectivity index (χ4n) is 2.98. The highest BCUT2D eigenvalue weighted by Crippen LogP contribution is 2.32. The van der Waals surface area contributed by atoms with Gasteiger partial charge in [-0.2, -0.15) is 0 Å². The highest BCUT2D eigenvalue weighted by molar-refractivity contribution is 6.10. The van der Waals surface area contributed by atoms with Gasteiger partial charge in [0.1, 0.15) is 11.6 Å². The molecule has 0 fully saturated rings. The van der Waals surface area contributed by atoms with Crippen molar-refractivity contribution in [3.05, 3.63) is 83.4 Å². The minimum Gasteiger partial charge on any atom is -0.478 e. The molecule has 0 unspecified atom stereocenters. The number of amides is 1. The lowest BCUT2D eigenvalue weighted by Gasteiger charge is -2.15. The number of anilines is 1. The molecule has 0 atom stereocenters. The summed E-state index contributed by atoms with van der Waals surface area (Å²) >= 11 is 0. The molecule has 0 bridgehead atoms. The predicted octanol–water partition coefficient (Wildman–Crippen LogP) is 4.49. The van der Waals surface area contributed by atoms with Crippen LogP contribution < -0.4 is 15.8 Å². The fourth-order valence-corrected chi connectivity index (χ4v) is 2.98. The van der Waals surface area contributed by atoms with Gasteiger partial charge in [0.2, 0.25) is 0 Å². The van der Waals surface area contributed by atoms with Crippen LogP contribution in [0.2, 0.25) is 0 Å². The molecule has 0 aromatic heterocycles. The Morgan fingerprint density at radius 2 is 1.56 bits per heavy atom. The highest BCUT2D eigenvalue weighted by Gasteiger charge is 2.31. The maximum Gasteiger partial charge on any atom is 0.573 e. The van der Waals surface area contributed by atoms with Crippen molar-refractivity contribution >= 4 is 23.4 Å². The molecule has 0 saturated carbocycles. The fraction of sp³-hybridized carbons (Fsp3) is 0.0455. The van der Waals surface area contributed by atoms with Crippen molar-refractivity contribution in [3.8, 4) is 16.9 Å². The van der Waals surface area contributed by atoms with Crippen LogP contribution in [0.15, 0.2) is 66.7 Å². The zero-order valence-corrected chi connectivity index (χ0v) is 16.2. The number of nitrogen functional groups attached to an aromatic ring is 1. The average Bonchev–Trinajstić information content (AvgIpc) is 2.73. The minimum atomic E-state index is -4.98. The first-order valence-electron chi connectivity index (χ1n) is 9.03. The molecule has 0 aliphatic heterocycles. The van der Waals surface area contributed by atoms with Crippen molar-refractivity contribution in [1.82, 2.24) is 0 Å². The van der Waals surface area contributed by atoms with Gasteiger partial charge in [-0.3, -0.25) is 10.2 Å². The molecular weight excluding hydrogens is 427 g/mol. The summed E-state index contributed by atoms with van der Waals surface area (Å²) in [6.45, 7) is 0. The molecule has 164 valence electrons. The van der Waals surface area contributed by atoms with Crippen molar-refractivity contribution in [2.75, 3.05) is 5.32 Å². The van der Waals surface area contributed by atoms with Gasteiger partial charge < -0.3 is 20.9 Å². The Morgan fingerprint density at radius 1 is 0.938 bits per heavy atom. The van der Waals surface area contributed by atoms with Crippen LogP contribution in [0.5, 0.6) is 5.75 Å². The standard InChI is InChI=1S/C22H16F3N3O4/c23-22(24,25)32-14-9-10-16(18(11-14)21(30)31)15-3-1-2-4-17(15)20(29)28-13-7-5-12(6-8-13)19(26)27/h1-11H,(H3,26,27)(H,28,29)(H,30,31). The van der Waals surface area contributed by atoms with E-state index in [0.717, 1.165) is 18.2 Å². The summed E-state index contributed by atoms with van der Waals surface area (Å²) in [4.78, 5) is 24.6. The number of nitrogens with one attached hydrogen (secondary N) is 2. The number of carbonyl (C=O) groups is 2. The third-order valence-corrected chi connectivity index (χ3v) is 4.37. The smallest absolute Gasteiger partial charge is 0.478 e. The summed E-state index contributed by atoms with van der Waals surface area (Å²) in [6.07, 6.45) is -4.98. The molecule has 32 heavy (non-hydrogen) atoms. The van der Waals surface area contributed by atoms with Crippen molar-refractivity contribution < 1.29 is 32.6 Å². The Balaban J connectivity index is 1.97. The molecular formula is C22H16F3N3O4. The van der Waals surface area contributed by atoms with Crippen LogP contribution in [0.4, 0.5) is 18.9 Å². The van der Waals surface area contributed by atoms with Crippen LogP contribution in [0.25, 0.3) is 11.1 Å². The zero-order chi connectivity index (χ0) is 23.5. The Morgan fingerprint density at radius 3 is 2.16 bits per heavy atom. The monoisotopic (exact) mass is 443 g/mol. The lowest BCUT2D eigenvalue weighted by molar-refractivity contribution is -0.274. The van der Waals surface area contributed by atoms with Gasteiger partial charge in [0, 0.05) is 16.8 Å². The number of carbonyl (C=O) groups excluding carboxylic acids is 1. The second-order valence-corrected chi connectivity index (χ2v) is 6.55. The molecule has 10 heteroatoms. The number of benzene rings is 3. The van der Waals surface area contributed by atoms with E-state index in [0.29, 0.717) is 11.3 Å². The summed E-state index contributed by atoms with van der Waals surface area (Å²) in [5, 5.41) is 19.6. The van der Waals surface area contributed by atoms with E-state index in [2.05, 4.69) is 10.1 Å². The Bertz CT molecular complexity index is 1190. The maximum absolute atomic E-state index is 12.9. The first kappa shape index (κ1) is 22.3. The van der Waals surface area contributed by atoms with Crippen molar-refractivity contribution in [1.29, 1.82) is 5.41 Å². The molecule has 3 aromatic carbocycles. The van der Waals surface area contributed by atoms with Gasteiger partial charge >= 0.3 is 12.3 Å². The summed E-state index contributed by atoms with van der Waals surface area (Å²) in [6, 6.07) is 15.1. The topological polar surface area (TPSA) is 126 Å². The number of amidine groups is 1. The second-order valence-electron chi connectivity index (χ2n) is 6.55. The lowest BCUT2D eigenvalue weighted by Crippen LogP contribution is -2.17. The number of carboxylic acid groups (broad SMARTS) is 1. The SMILES string of the molecule is N=C(N)c1ccc(NC(=O)c2ccccc2-c2ccc(OC(F)(F)F)cc2C(=O)O)cc1. The molecule has 0 aliphatic rings. The van der Waals surface area contributed by atoms with Gasteiger partial charge in [-0.25, -0.2) is 4.79 Å². The minimum absolute atomic E-state index is 0.0460. The van der Waals surface area contributed by atoms with E-state index in [-0.39, 0.29) is 22.5 Å². The molecule has 0 heterocycles. The van der Waals surface area contributed by atoms with E-state index in [1.165, 1.54) is 12.1 Å². The number of ether oxygens (including phenoxy) is 1. The number of halogens is 3. The molecule has 3 rings (SSSR count). The van der Waals surface area contributed by atoms with Crippen LogP contribution in [0.1, 0.15) is 26.3 Å². The molecule has 1 amide bonds. The average molecular weight is 443 g/mol. The van der Waals surface area contributed by atoms with E-state index in [9.17, 15) is 27.9 Å². The first-order chi connectivity index (χ1) is 15.0. The van der Waals surface area contributed by atoms with Crippen molar-refractivity contribution in [2.45, 2.75) is 6.36 Å². The number of hydrogen-bond donors (Lipinski definition) is 4. The second kappa shape index (κ2) is 8.80. The van der Waals surface area contributed by atoms with Crippen LogP contribution in [-0.2, 0) is 0 Å². The van der Waals surface area contributed by atoms with E-state index in [1.807, 2.05) is 0 Å². The van der Waals surface area contributed by atoms with E-state index >= 15 is 0 Å². The first-order valence-corrected chi connectivity index (χ1v) is 9.03. The number of rotatable bonds is 6. The summed E-state index contributed by atoms with van der Waals surface area (Å²) in [7, 11) is 0. The van der Waals surface area contributed by atoms with Gasteiger partial charge in [0.15, 0.2) is 0 Å². The molecule has 0 spiro atoms. The maximum atomic E-state index is 12.9. The summed E-state index contributed by atoms with van der Waals surface area (Å²) in [5.41, 5.74) is 6.17. The van der Waals surface area contributed by atoms with Crippen LogP contribution in [0, 0.1) is 5.41 Å². The number of aromatic carboxylic acids is 1. The highest BCUT2D eigenvalue weighted by atomic mass is 19.4. The summed E-state index contributed by atoms with van der Waals surface area (Å²) in [5.74, 6) is -2.87. The van der Waals surface area contributed by atoms with Crippen molar-refractivity contribution in [3.63, 3.8) is 0 Å². The lowest BCUT2D eigenvalue weighted by atomic mass is 9.94. The van der Waals surface area contributed by atoms with Gasteiger partial charge in [-0.1, -0.05) is 18.2 Å². The van der Waals surface area contributed by atoms with Crippen molar-refractivity contribution in [2.24, 2.45) is 5.73 Å². The third kappa shape index (κ3) is 5.22. The molecule has 5 N–H and O–H groups in total. The van der Waals surface area contributed by atoms with E-state index < -0.39 is 29.6 Å². The van der Waals surface area contributed by atoms with E-state index in [1.54, 1.807) is 36.4 Å². The molecule has 7 nitrogen and oxygen atoms in total. The van der Waals surface area contributed by atoms with Gasteiger partial charge in [-0.05, 0) is 59.7 Å². The van der Waals surface area contributed by atoms with Gasteiger partial charge in [-0.15, -0.1) is 13.2 Å². The molecule has 0 radical (unpaired) electrons. The summed E-state index contributed by atoms with van der Waals surface area (Å²) < 4.78 is 41.3. The largest absolute Gasteiger partial charge is 0.573 e. The third-order valence-electron chi connectivity index (χ3n) is 4.37. The predicted molar refractivity (Wildman–Crippen MR) is 111 cm³/mol. The van der Waals surface area contributed by atoms with Crippen LogP contribution in [0.3, 0.4) is 0 Å². The number of carboxylic acids is 1. The quantitative estimate of drug-likeness (QED) is 0.330. The normalized spacial score (nSPS) is 11.0. The number of alkyl halides is 3. The molecule has 0 saturated heterocycles. The van der Waals surface area contributed by atoms with Crippen LogP contribution in [-0.4, -0.2) is 29.2 Å². The van der Waals surface area contributed by atoms with Gasteiger partial charge in [0.05, 0.1) is 5.56 Å². The zero-order valence-electron chi connectivity index (χ0n) is 16.2. The molecule has 0 aliphatic carbocycles. The Labute approximate surface area is 179 Å².